The summed E-state index contributed by atoms with van der Waals surface area (Å²) in [7, 11) is 1.76. The molecule has 2 bridgehead atoms. The number of halogens is 2. The van der Waals surface area contributed by atoms with E-state index in [1.54, 1.807) is 24.1 Å². The Morgan fingerprint density at radius 2 is 1.59 bits per heavy atom. The first kappa shape index (κ1) is 27.8. The fourth-order valence-corrected chi connectivity index (χ4v) is 6.82. The largest absolute Gasteiger partial charge is 0.356 e. The number of amides is 2. The highest BCUT2D eigenvalue weighted by molar-refractivity contribution is 6.42. The number of benzodiazepines with no additional fused rings is 1. The molecule has 4 aliphatic rings. The predicted molar refractivity (Wildman–Crippen MR) is 165 cm³/mol. The monoisotopic (exact) mass is 588 g/mol. The fourth-order valence-electron chi connectivity index (χ4n) is 6.50. The van der Waals surface area contributed by atoms with Crippen LogP contribution in [0.15, 0.2) is 77.8 Å². The van der Waals surface area contributed by atoms with Crippen LogP contribution >= 0.6 is 23.2 Å². The van der Waals surface area contributed by atoms with Crippen LogP contribution in [0.5, 0.6) is 0 Å². The van der Waals surface area contributed by atoms with Crippen molar-refractivity contribution in [1.82, 2.24) is 10.2 Å². The van der Waals surface area contributed by atoms with Crippen LogP contribution in [-0.4, -0.2) is 48.9 Å². The van der Waals surface area contributed by atoms with E-state index in [2.05, 4.69) is 10.2 Å². The maximum absolute atomic E-state index is 14.0. The van der Waals surface area contributed by atoms with Crippen LogP contribution in [0.1, 0.15) is 48.3 Å². The fraction of sp³-hybridized carbons (Fsp3) is 0.364. The van der Waals surface area contributed by atoms with E-state index in [4.69, 9.17) is 28.2 Å². The van der Waals surface area contributed by atoms with E-state index in [-0.39, 0.29) is 11.8 Å². The maximum atomic E-state index is 14.0. The predicted octanol–water partition coefficient (Wildman–Crippen LogP) is 6.31. The first-order valence-corrected chi connectivity index (χ1v) is 15.1. The lowest BCUT2D eigenvalue weighted by atomic mass is 9.84. The number of hydrogen-bond donors (Lipinski definition) is 1. The van der Waals surface area contributed by atoms with Crippen LogP contribution < -0.4 is 10.2 Å². The van der Waals surface area contributed by atoms with Crippen molar-refractivity contribution in [2.75, 3.05) is 25.0 Å². The van der Waals surface area contributed by atoms with Crippen LogP contribution in [-0.2, 0) is 16.0 Å². The van der Waals surface area contributed by atoms with Crippen molar-refractivity contribution >= 4 is 46.5 Å². The summed E-state index contributed by atoms with van der Waals surface area (Å²) < 4.78 is 0. The van der Waals surface area contributed by atoms with Gasteiger partial charge in [-0.05, 0) is 79.3 Å². The first-order valence-electron chi connectivity index (χ1n) is 14.4. The number of likely N-dealkylation sites (N-methyl/N-ethyl adjacent to an activating group) is 1. The van der Waals surface area contributed by atoms with Gasteiger partial charge in [-0.2, -0.15) is 0 Å². The second-order valence-electron chi connectivity index (χ2n) is 11.5. The maximum Gasteiger partial charge on any atom is 0.272 e. The first-order chi connectivity index (χ1) is 19.9. The number of benzene rings is 3. The molecule has 3 aromatic carbocycles. The van der Waals surface area contributed by atoms with Crippen molar-refractivity contribution in [2.45, 2.75) is 44.2 Å². The number of carbonyl (C=O) groups excluding carboxylic acids is 2. The van der Waals surface area contributed by atoms with Crippen LogP contribution in [0.2, 0.25) is 10.0 Å². The number of para-hydroxylation sites is 1. The highest BCUT2D eigenvalue weighted by Gasteiger charge is 2.37. The van der Waals surface area contributed by atoms with E-state index in [0.717, 1.165) is 41.3 Å². The second-order valence-corrected chi connectivity index (χ2v) is 12.3. The van der Waals surface area contributed by atoms with Gasteiger partial charge < -0.3 is 15.1 Å². The van der Waals surface area contributed by atoms with E-state index in [1.807, 2.05) is 60.7 Å². The summed E-state index contributed by atoms with van der Waals surface area (Å²) in [6.07, 6.45) is 4.31. The third kappa shape index (κ3) is 5.86. The number of fused-ring (bicyclic) bond motifs is 5. The van der Waals surface area contributed by atoms with Gasteiger partial charge >= 0.3 is 0 Å². The number of nitrogens with one attached hydrogen (secondary N) is 1. The molecule has 1 aliphatic carbocycles. The normalized spacial score (nSPS) is 22.9. The van der Waals surface area contributed by atoms with Crippen molar-refractivity contribution in [3.63, 3.8) is 0 Å². The molecule has 2 amide bonds. The molecule has 2 saturated heterocycles. The van der Waals surface area contributed by atoms with Gasteiger partial charge in [0.1, 0.15) is 5.84 Å². The molecule has 6 nitrogen and oxygen atoms in total. The van der Waals surface area contributed by atoms with Gasteiger partial charge in [0.15, 0.2) is 0 Å². The minimum Gasteiger partial charge on any atom is -0.356 e. The molecular weight excluding hydrogens is 555 g/mol. The third-order valence-electron chi connectivity index (χ3n) is 8.77. The van der Waals surface area contributed by atoms with E-state index in [9.17, 15) is 9.59 Å². The Morgan fingerprint density at radius 3 is 2.27 bits per heavy atom. The molecule has 41 heavy (non-hydrogen) atoms. The average molecular weight is 590 g/mol. The zero-order valence-electron chi connectivity index (χ0n) is 23.1. The standard InChI is InChI=1S/C33H34Cl2N4O2/c1-38-29-10-6-5-9-25(29)31(39-19-21-11-12-22(20-39)14-13-21)36-30(33(38)41)37-32(40)26(24-7-3-2-4-8-24)17-23-15-16-27(34)28(35)18-23/h2-10,15-16,18,21-22,26,30H,11-14,17,19-20H2,1H3,(H,37,40). The number of rotatable bonds is 5. The summed E-state index contributed by atoms with van der Waals surface area (Å²) in [5.41, 5.74) is 3.46. The van der Waals surface area contributed by atoms with Crippen LogP contribution in [0, 0.1) is 11.8 Å². The quantitative estimate of drug-likeness (QED) is 0.380. The molecule has 3 fully saturated rings. The summed E-state index contributed by atoms with van der Waals surface area (Å²) in [6, 6.07) is 22.9. The minimum absolute atomic E-state index is 0.264. The van der Waals surface area contributed by atoms with Gasteiger partial charge in [0.05, 0.1) is 21.7 Å². The molecule has 0 aromatic heterocycles. The van der Waals surface area contributed by atoms with Gasteiger partial charge in [-0.3, -0.25) is 9.59 Å². The van der Waals surface area contributed by atoms with Crippen molar-refractivity contribution in [3.8, 4) is 0 Å². The number of nitrogens with zero attached hydrogens (tertiary/aromatic N) is 3. The lowest BCUT2D eigenvalue weighted by Gasteiger charge is -2.28. The molecular formula is C33H34Cl2N4O2. The van der Waals surface area contributed by atoms with E-state index >= 15 is 0 Å². The Labute approximate surface area is 251 Å². The Hall–Kier alpha value is -3.35. The topological polar surface area (TPSA) is 65.0 Å². The molecule has 2 atom stereocenters. The highest BCUT2D eigenvalue weighted by Crippen LogP contribution is 2.36. The van der Waals surface area contributed by atoms with E-state index in [0.29, 0.717) is 28.3 Å². The molecule has 3 aromatic rings. The van der Waals surface area contributed by atoms with E-state index < -0.39 is 12.1 Å². The molecule has 3 heterocycles. The van der Waals surface area contributed by atoms with Crippen LogP contribution in [0.3, 0.4) is 0 Å². The Morgan fingerprint density at radius 1 is 0.927 bits per heavy atom. The van der Waals surface area contributed by atoms with Crippen molar-refractivity contribution in [3.05, 3.63) is 99.5 Å². The molecule has 1 N–H and O–H groups in total. The molecule has 212 valence electrons. The average Bonchev–Trinajstić information content (AvgIpc) is 3.37. The molecule has 0 spiro atoms. The summed E-state index contributed by atoms with van der Waals surface area (Å²) >= 11 is 12.4. The number of anilines is 1. The third-order valence-corrected chi connectivity index (χ3v) is 9.51. The van der Waals surface area contributed by atoms with Gasteiger partial charge in [-0.15, -0.1) is 0 Å². The molecule has 1 saturated carbocycles. The zero-order chi connectivity index (χ0) is 28.5. The summed E-state index contributed by atoms with van der Waals surface area (Å²) in [6.45, 7) is 1.85. The van der Waals surface area contributed by atoms with E-state index in [1.165, 1.54) is 25.7 Å². The number of amidine groups is 1. The highest BCUT2D eigenvalue weighted by atomic mass is 35.5. The van der Waals surface area contributed by atoms with Gasteiger partial charge in [0, 0.05) is 25.7 Å². The zero-order valence-corrected chi connectivity index (χ0v) is 24.6. The van der Waals surface area contributed by atoms with Gasteiger partial charge in [0.25, 0.3) is 5.91 Å². The van der Waals surface area contributed by atoms with Crippen molar-refractivity contribution in [2.24, 2.45) is 16.8 Å². The minimum atomic E-state index is -1.05. The van der Waals surface area contributed by atoms with Crippen molar-refractivity contribution < 1.29 is 9.59 Å². The SMILES string of the molecule is CN1C(=O)C(NC(=O)C(Cc2ccc(Cl)c(Cl)c2)c2ccccc2)N=C(N2CC3CCC(CC3)C2)c2ccccc21. The van der Waals surface area contributed by atoms with Crippen LogP contribution in [0.25, 0.3) is 0 Å². The number of aliphatic imine (C=N–C) groups is 1. The van der Waals surface area contributed by atoms with Crippen molar-refractivity contribution in [1.29, 1.82) is 0 Å². The summed E-state index contributed by atoms with van der Waals surface area (Å²) in [5.74, 6) is 0.968. The molecule has 2 unspecified atom stereocenters. The Kier molecular flexibility index (Phi) is 8.05. The molecule has 8 heteroatoms. The summed E-state index contributed by atoms with van der Waals surface area (Å²) in [5, 5.41) is 3.94. The number of carbonyl (C=O) groups is 2. The Balaban J connectivity index is 1.35. The number of hydrogen-bond acceptors (Lipinski definition) is 4. The van der Waals surface area contributed by atoms with Gasteiger partial charge in [-0.25, -0.2) is 4.99 Å². The molecule has 0 radical (unpaired) electrons. The van der Waals surface area contributed by atoms with Gasteiger partial charge in [-0.1, -0.05) is 71.7 Å². The lowest BCUT2D eigenvalue weighted by Crippen LogP contribution is -2.48. The molecule has 7 rings (SSSR count). The second kappa shape index (κ2) is 11.9. The Bertz CT molecular complexity index is 1460. The smallest absolute Gasteiger partial charge is 0.272 e. The summed E-state index contributed by atoms with van der Waals surface area (Å²) in [4.78, 5) is 36.9. The molecule has 3 aliphatic heterocycles. The lowest BCUT2D eigenvalue weighted by molar-refractivity contribution is -0.128. The van der Waals surface area contributed by atoms with Crippen LogP contribution in [0.4, 0.5) is 5.69 Å². The van der Waals surface area contributed by atoms with Gasteiger partial charge in [0.2, 0.25) is 12.1 Å².